The Morgan fingerprint density at radius 1 is 1.16 bits per heavy atom. The number of hydrogen-bond donors (Lipinski definition) is 1. The summed E-state index contributed by atoms with van der Waals surface area (Å²) in [4.78, 5) is 12.1. The summed E-state index contributed by atoms with van der Waals surface area (Å²) >= 11 is 0. The molecule has 0 spiro atoms. The lowest BCUT2D eigenvalue weighted by Crippen LogP contribution is -2.30. The molecular weight excluding hydrogens is 316 g/mol. The predicted octanol–water partition coefficient (Wildman–Crippen LogP) is 4.99. The van der Waals surface area contributed by atoms with Crippen LogP contribution in [0.4, 0.5) is 0 Å². The van der Waals surface area contributed by atoms with Crippen LogP contribution in [0.3, 0.4) is 0 Å². The summed E-state index contributed by atoms with van der Waals surface area (Å²) in [5.74, 6) is 0.0515. The largest absolute Gasteiger partial charge is 0.508 e. The number of benzene rings is 2. The van der Waals surface area contributed by atoms with Crippen LogP contribution < -0.4 is 0 Å². The lowest BCUT2D eigenvalue weighted by atomic mass is 10.00. The summed E-state index contributed by atoms with van der Waals surface area (Å²) in [5.41, 5.74) is 0.549. The third-order valence-electron chi connectivity index (χ3n) is 4.26. The van der Waals surface area contributed by atoms with Crippen molar-refractivity contribution >= 4 is 16.7 Å². The maximum atomic E-state index is 12.1. The van der Waals surface area contributed by atoms with Gasteiger partial charge in [-0.15, -0.1) is 0 Å². The molecular formula is C21H28O4. The highest BCUT2D eigenvalue weighted by Gasteiger charge is 2.24. The van der Waals surface area contributed by atoms with Crippen molar-refractivity contribution in [2.45, 2.75) is 45.6 Å². The van der Waals surface area contributed by atoms with Crippen LogP contribution in [0.2, 0.25) is 0 Å². The van der Waals surface area contributed by atoms with Crippen molar-refractivity contribution in [2.24, 2.45) is 0 Å². The summed E-state index contributed by atoms with van der Waals surface area (Å²) in [6.45, 7) is 9.28. The van der Waals surface area contributed by atoms with Crippen LogP contribution in [0.5, 0.6) is 5.75 Å². The molecule has 0 radical (unpaired) electrons. The van der Waals surface area contributed by atoms with Crippen LogP contribution in [-0.2, 0) is 20.7 Å². The Morgan fingerprint density at radius 2 is 1.72 bits per heavy atom. The monoisotopic (exact) mass is 344 g/mol. The number of phenols is 1. The molecule has 25 heavy (non-hydrogen) atoms. The first-order valence-corrected chi connectivity index (χ1v) is 8.44. The van der Waals surface area contributed by atoms with E-state index in [1.165, 1.54) is 6.26 Å². The molecule has 0 aliphatic rings. The van der Waals surface area contributed by atoms with Crippen molar-refractivity contribution < 1.29 is 19.4 Å². The lowest BCUT2D eigenvalue weighted by molar-refractivity contribution is -0.157. The first-order valence-electron chi connectivity index (χ1n) is 8.44. The van der Waals surface area contributed by atoms with Crippen LogP contribution in [0.15, 0.2) is 49.2 Å². The smallest absolute Gasteiger partial charge is 0.310 e. The van der Waals surface area contributed by atoms with Crippen molar-refractivity contribution in [2.75, 3.05) is 7.11 Å². The maximum Gasteiger partial charge on any atom is 0.310 e. The molecule has 0 saturated heterocycles. The molecule has 2 aromatic rings. The standard InChI is InChI=1S/C18H22O3.C3H6O/c1-4-18(3,5-2)21-17(20)11-13-6-7-15-12-16(19)9-8-14(15)10-13;1-3-4-2/h6-10,12,19H,4-5,11H2,1-3H3;3H,1H2,2H3. The van der Waals surface area contributed by atoms with Gasteiger partial charge in [0.25, 0.3) is 0 Å². The van der Waals surface area contributed by atoms with E-state index in [1.54, 1.807) is 19.2 Å². The molecule has 2 aromatic carbocycles. The summed E-state index contributed by atoms with van der Waals surface area (Å²) in [7, 11) is 1.56. The van der Waals surface area contributed by atoms with Gasteiger partial charge in [0.05, 0.1) is 19.8 Å². The molecule has 0 atom stereocenters. The predicted molar refractivity (Wildman–Crippen MR) is 102 cm³/mol. The zero-order valence-corrected chi connectivity index (χ0v) is 15.5. The van der Waals surface area contributed by atoms with E-state index >= 15 is 0 Å². The van der Waals surface area contributed by atoms with Crippen LogP contribution in [-0.4, -0.2) is 23.8 Å². The third-order valence-corrected chi connectivity index (χ3v) is 4.26. The zero-order chi connectivity index (χ0) is 18.9. The molecule has 2 rings (SSSR count). The quantitative estimate of drug-likeness (QED) is 0.593. The van der Waals surface area contributed by atoms with Gasteiger partial charge >= 0.3 is 5.97 Å². The number of carbonyl (C=O) groups excluding carboxylic acids is 1. The minimum atomic E-state index is -0.375. The van der Waals surface area contributed by atoms with Gasteiger partial charge in [-0.2, -0.15) is 0 Å². The Bertz CT molecular complexity index is 702. The fraction of sp³-hybridized carbons (Fsp3) is 0.381. The normalized spacial score (nSPS) is 10.6. The first kappa shape index (κ1) is 20.6. The van der Waals surface area contributed by atoms with E-state index in [2.05, 4.69) is 11.3 Å². The third kappa shape index (κ3) is 6.49. The van der Waals surface area contributed by atoms with Crippen LogP contribution >= 0.6 is 0 Å². The fourth-order valence-corrected chi connectivity index (χ4v) is 2.26. The van der Waals surface area contributed by atoms with E-state index in [9.17, 15) is 9.90 Å². The number of phenolic OH excluding ortho intramolecular Hbond substituents is 1. The van der Waals surface area contributed by atoms with Gasteiger partial charge in [-0.25, -0.2) is 0 Å². The average molecular weight is 344 g/mol. The van der Waals surface area contributed by atoms with E-state index in [0.717, 1.165) is 29.2 Å². The summed E-state index contributed by atoms with van der Waals surface area (Å²) in [5, 5.41) is 11.4. The van der Waals surface area contributed by atoms with Gasteiger partial charge < -0.3 is 14.6 Å². The minimum Gasteiger partial charge on any atom is -0.508 e. The summed E-state index contributed by atoms with van der Waals surface area (Å²) in [6.07, 6.45) is 3.27. The minimum absolute atomic E-state index is 0.195. The van der Waals surface area contributed by atoms with E-state index < -0.39 is 0 Å². The van der Waals surface area contributed by atoms with Gasteiger partial charge in [-0.3, -0.25) is 4.79 Å². The molecule has 0 bridgehead atoms. The molecule has 0 heterocycles. The number of ether oxygens (including phenoxy) is 2. The number of esters is 1. The van der Waals surface area contributed by atoms with Gasteiger partial charge in [-0.1, -0.05) is 44.7 Å². The molecule has 0 aliphatic heterocycles. The fourth-order valence-electron chi connectivity index (χ4n) is 2.26. The van der Waals surface area contributed by atoms with Crippen molar-refractivity contribution in [1.29, 1.82) is 0 Å². The molecule has 0 aromatic heterocycles. The van der Waals surface area contributed by atoms with Gasteiger partial charge in [0.15, 0.2) is 0 Å². The zero-order valence-electron chi connectivity index (χ0n) is 15.5. The molecule has 0 unspecified atom stereocenters. The Morgan fingerprint density at radius 3 is 2.28 bits per heavy atom. The molecule has 1 N–H and O–H groups in total. The molecule has 0 aliphatic carbocycles. The topological polar surface area (TPSA) is 55.8 Å². The number of aromatic hydroxyl groups is 1. The molecule has 4 nitrogen and oxygen atoms in total. The Balaban J connectivity index is 0.000000705. The van der Waals surface area contributed by atoms with Crippen molar-refractivity contribution in [3.8, 4) is 5.75 Å². The van der Waals surface area contributed by atoms with Crippen LogP contribution in [0, 0.1) is 0 Å². The van der Waals surface area contributed by atoms with E-state index in [-0.39, 0.29) is 23.7 Å². The molecule has 0 saturated carbocycles. The number of hydrogen-bond acceptors (Lipinski definition) is 4. The number of fused-ring (bicyclic) bond motifs is 1. The molecule has 4 heteroatoms. The second kappa shape index (κ2) is 9.72. The number of rotatable bonds is 6. The molecule has 0 amide bonds. The second-order valence-corrected chi connectivity index (χ2v) is 6.08. The highest BCUT2D eigenvalue weighted by molar-refractivity contribution is 5.85. The van der Waals surface area contributed by atoms with Gasteiger partial charge in [0.2, 0.25) is 0 Å². The maximum absolute atomic E-state index is 12.1. The molecule has 0 fully saturated rings. The van der Waals surface area contributed by atoms with E-state index in [4.69, 9.17) is 4.74 Å². The van der Waals surface area contributed by atoms with Crippen LogP contribution in [0.25, 0.3) is 10.8 Å². The number of methoxy groups -OCH3 is 1. The Labute approximate surface area is 150 Å². The second-order valence-electron chi connectivity index (χ2n) is 6.08. The van der Waals surface area contributed by atoms with Gasteiger partial charge in [0.1, 0.15) is 11.4 Å². The lowest BCUT2D eigenvalue weighted by Gasteiger charge is -2.26. The van der Waals surface area contributed by atoms with E-state index in [0.29, 0.717) is 0 Å². The Hall–Kier alpha value is -2.49. The highest BCUT2D eigenvalue weighted by Crippen LogP contribution is 2.23. The van der Waals surface area contributed by atoms with Gasteiger partial charge in [-0.05, 0) is 48.2 Å². The average Bonchev–Trinajstić information content (AvgIpc) is 2.61. The Kier molecular flexibility index (Phi) is 7.99. The van der Waals surface area contributed by atoms with Crippen molar-refractivity contribution in [3.63, 3.8) is 0 Å². The van der Waals surface area contributed by atoms with Gasteiger partial charge in [0, 0.05) is 0 Å². The highest BCUT2D eigenvalue weighted by atomic mass is 16.6. The van der Waals surface area contributed by atoms with Crippen molar-refractivity contribution in [1.82, 2.24) is 0 Å². The number of carbonyl (C=O) groups is 1. The van der Waals surface area contributed by atoms with Crippen LogP contribution in [0.1, 0.15) is 39.2 Å². The summed E-state index contributed by atoms with van der Waals surface area (Å²) in [6, 6.07) is 11.0. The first-order chi connectivity index (χ1) is 11.9. The van der Waals surface area contributed by atoms with E-state index in [1.807, 2.05) is 45.0 Å². The molecule has 136 valence electrons. The SMILES string of the molecule is C=COC.CCC(C)(CC)OC(=O)Cc1ccc2cc(O)ccc2c1. The summed E-state index contributed by atoms with van der Waals surface area (Å²) < 4.78 is 9.90. The van der Waals surface area contributed by atoms with Crippen molar-refractivity contribution in [3.05, 3.63) is 54.8 Å².